The first-order chi connectivity index (χ1) is 9.22. The highest BCUT2D eigenvalue weighted by atomic mass is 16.5. The zero-order chi connectivity index (χ0) is 13.7. The summed E-state index contributed by atoms with van der Waals surface area (Å²) in [6, 6.07) is 7.87. The van der Waals surface area contributed by atoms with Gasteiger partial charge in [0.1, 0.15) is 12.4 Å². The fraction of sp³-hybridized carbons (Fsp3) is 0.400. The van der Waals surface area contributed by atoms with Crippen LogP contribution in [0.25, 0.3) is 0 Å². The van der Waals surface area contributed by atoms with Gasteiger partial charge in [0.2, 0.25) is 0 Å². The first-order valence-electron chi connectivity index (χ1n) is 6.68. The highest BCUT2D eigenvalue weighted by Gasteiger charge is 2.08. The van der Waals surface area contributed by atoms with Gasteiger partial charge in [-0.2, -0.15) is 0 Å². The maximum atomic E-state index is 5.94. The normalized spacial score (nSPS) is 12.4. The molecule has 1 heterocycles. The van der Waals surface area contributed by atoms with Crippen LogP contribution in [0.2, 0.25) is 0 Å². The van der Waals surface area contributed by atoms with Crippen molar-refractivity contribution in [1.82, 2.24) is 9.55 Å². The van der Waals surface area contributed by atoms with Gasteiger partial charge in [0.15, 0.2) is 0 Å². The summed E-state index contributed by atoms with van der Waals surface area (Å²) >= 11 is 0. The summed E-state index contributed by atoms with van der Waals surface area (Å²) in [5.74, 6) is 0.849. The average Bonchev–Trinajstić information content (AvgIpc) is 2.84. The zero-order valence-electron chi connectivity index (χ0n) is 11.5. The molecule has 1 atom stereocenters. The minimum absolute atomic E-state index is 0.0308. The third kappa shape index (κ3) is 3.35. The van der Waals surface area contributed by atoms with E-state index in [-0.39, 0.29) is 6.04 Å². The van der Waals surface area contributed by atoms with Crippen LogP contribution in [0.5, 0.6) is 5.75 Å². The van der Waals surface area contributed by atoms with E-state index < -0.39 is 0 Å². The first kappa shape index (κ1) is 13.6. The largest absolute Gasteiger partial charge is 0.487 e. The SMILES string of the molecule is CCCn1cncc1COc1ccccc1C(C)N. The van der Waals surface area contributed by atoms with Crippen molar-refractivity contribution in [3.8, 4) is 5.75 Å². The zero-order valence-corrected chi connectivity index (χ0v) is 11.5. The molecule has 0 fully saturated rings. The van der Waals surface area contributed by atoms with Gasteiger partial charge in [0.25, 0.3) is 0 Å². The number of aryl methyl sites for hydroxylation is 1. The summed E-state index contributed by atoms with van der Waals surface area (Å²) in [6.07, 6.45) is 4.78. The first-order valence-corrected chi connectivity index (χ1v) is 6.68. The molecule has 102 valence electrons. The van der Waals surface area contributed by atoms with Crippen LogP contribution < -0.4 is 10.5 Å². The van der Waals surface area contributed by atoms with Crippen molar-refractivity contribution in [2.24, 2.45) is 5.73 Å². The Bertz CT molecular complexity index is 520. The maximum Gasteiger partial charge on any atom is 0.130 e. The molecule has 19 heavy (non-hydrogen) atoms. The van der Waals surface area contributed by atoms with Gasteiger partial charge in [-0.3, -0.25) is 0 Å². The van der Waals surface area contributed by atoms with Crippen molar-refractivity contribution >= 4 is 0 Å². The lowest BCUT2D eigenvalue weighted by molar-refractivity contribution is 0.290. The summed E-state index contributed by atoms with van der Waals surface area (Å²) in [7, 11) is 0. The molecule has 4 nitrogen and oxygen atoms in total. The third-order valence-corrected chi connectivity index (χ3v) is 3.05. The molecule has 1 unspecified atom stereocenters. The van der Waals surface area contributed by atoms with Crippen molar-refractivity contribution in [2.45, 2.75) is 39.5 Å². The van der Waals surface area contributed by atoms with E-state index in [4.69, 9.17) is 10.5 Å². The van der Waals surface area contributed by atoms with Gasteiger partial charge in [-0.1, -0.05) is 25.1 Å². The fourth-order valence-corrected chi connectivity index (χ4v) is 2.05. The van der Waals surface area contributed by atoms with E-state index in [1.54, 1.807) is 0 Å². The lowest BCUT2D eigenvalue weighted by Crippen LogP contribution is -2.09. The van der Waals surface area contributed by atoms with E-state index in [0.29, 0.717) is 6.61 Å². The number of imidazole rings is 1. The summed E-state index contributed by atoms with van der Waals surface area (Å²) in [4.78, 5) is 4.17. The van der Waals surface area contributed by atoms with Crippen molar-refractivity contribution in [3.63, 3.8) is 0 Å². The minimum Gasteiger partial charge on any atom is -0.487 e. The molecule has 4 heteroatoms. The molecule has 0 aliphatic carbocycles. The molecular formula is C15H21N3O. The Morgan fingerprint density at radius 2 is 2.16 bits per heavy atom. The van der Waals surface area contributed by atoms with Crippen molar-refractivity contribution in [3.05, 3.63) is 48.0 Å². The molecule has 2 N–H and O–H groups in total. The van der Waals surface area contributed by atoms with Crippen LogP contribution in [0.15, 0.2) is 36.8 Å². The van der Waals surface area contributed by atoms with E-state index in [0.717, 1.165) is 30.0 Å². The van der Waals surface area contributed by atoms with Crippen LogP contribution in [0.1, 0.15) is 37.6 Å². The summed E-state index contributed by atoms with van der Waals surface area (Å²) in [5, 5.41) is 0. The minimum atomic E-state index is -0.0308. The molecule has 0 saturated heterocycles. The van der Waals surface area contributed by atoms with E-state index in [1.165, 1.54) is 0 Å². The highest BCUT2D eigenvalue weighted by molar-refractivity contribution is 5.35. The Kier molecular flexibility index (Phi) is 4.58. The van der Waals surface area contributed by atoms with Gasteiger partial charge < -0.3 is 15.0 Å². The van der Waals surface area contributed by atoms with Gasteiger partial charge in [-0.15, -0.1) is 0 Å². The van der Waals surface area contributed by atoms with Crippen LogP contribution in [-0.4, -0.2) is 9.55 Å². The third-order valence-electron chi connectivity index (χ3n) is 3.05. The van der Waals surface area contributed by atoms with Gasteiger partial charge >= 0.3 is 0 Å². The molecule has 0 spiro atoms. The molecule has 0 saturated carbocycles. The van der Waals surface area contributed by atoms with E-state index in [9.17, 15) is 0 Å². The fourth-order valence-electron chi connectivity index (χ4n) is 2.05. The number of aromatic nitrogens is 2. The van der Waals surface area contributed by atoms with Gasteiger partial charge in [-0.25, -0.2) is 4.98 Å². The number of ether oxygens (including phenoxy) is 1. The van der Waals surface area contributed by atoms with Crippen LogP contribution in [0, 0.1) is 0 Å². The van der Waals surface area contributed by atoms with E-state index >= 15 is 0 Å². The Morgan fingerprint density at radius 1 is 1.37 bits per heavy atom. The van der Waals surface area contributed by atoms with Crippen molar-refractivity contribution in [2.75, 3.05) is 0 Å². The van der Waals surface area contributed by atoms with Crippen molar-refractivity contribution < 1.29 is 4.74 Å². The molecule has 0 bridgehead atoms. The van der Waals surface area contributed by atoms with E-state index in [2.05, 4.69) is 16.5 Å². The molecule has 0 amide bonds. The van der Waals surface area contributed by atoms with Crippen LogP contribution in [-0.2, 0) is 13.2 Å². The summed E-state index contributed by atoms with van der Waals surface area (Å²) in [5.41, 5.74) is 8.06. The topological polar surface area (TPSA) is 53.1 Å². The average molecular weight is 259 g/mol. The second-order valence-electron chi connectivity index (χ2n) is 4.69. The number of rotatable bonds is 6. The summed E-state index contributed by atoms with van der Waals surface area (Å²) in [6.45, 7) is 5.59. The van der Waals surface area contributed by atoms with Crippen LogP contribution >= 0.6 is 0 Å². The maximum absolute atomic E-state index is 5.94. The predicted octanol–water partition coefficient (Wildman–Crippen LogP) is 2.89. The lowest BCUT2D eigenvalue weighted by Gasteiger charge is -2.14. The molecule has 0 radical (unpaired) electrons. The number of hydrogen-bond donors (Lipinski definition) is 1. The Labute approximate surface area is 114 Å². The number of hydrogen-bond acceptors (Lipinski definition) is 3. The molecule has 1 aromatic heterocycles. The molecule has 2 aromatic rings. The Hall–Kier alpha value is -1.81. The Balaban J connectivity index is 2.08. The van der Waals surface area contributed by atoms with Gasteiger partial charge in [-0.05, 0) is 19.4 Å². The molecular weight excluding hydrogens is 238 g/mol. The smallest absolute Gasteiger partial charge is 0.130 e. The lowest BCUT2D eigenvalue weighted by atomic mass is 10.1. The van der Waals surface area contributed by atoms with Crippen molar-refractivity contribution in [1.29, 1.82) is 0 Å². The highest BCUT2D eigenvalue weighted by Crippen LogP contribution is 2.24. The number of benzene rings is 1. The van der Waals surface area contributed by atoms with Gasteiger partial charge in [0.05, 0.1) is 18.2 Å². The standard InChI is InChI=1S/C15H21N3O/c1-3-8-18-11-17-9-13(18)10-19-15-7-5-4-6-14(15)12(2)16/h4-7,9,11-12H,3,8,10,16H2,1-2H3. The monoisotopic (exact) mass is 259 g/mol. The quantitative estimate of drug-likeness (QED) is 0.867. The Morgan fingerprint density at radius 3 is 2.89 bits per heavy atom. The molecule has 0 aliphatic rings. The second-order valence-corrected chi connectivity index (χ2v) is 4.69. The molecule has 1 aromatic carbocycles. The van der Waals surface area contributed by atoms with Crippen LogP contribution in [0.4, 0.5) is 0 Å². The second kappa shape index (κ2) is 6.38. The number of nitrogens with zero attached hydrogens (tertiary/aromatic N) is 2. The molecule has 0 aliphatic heterocycles. The van der Waals surface area contributed by atoms with Crippen LogP contribution in [0.3, 0.4) is 0 Å². The summed E-state index contributed by atoms with van der Waals surface area (Å²) < 4.78 is 8.01. The predicted molar refractivity (Wildman–Crippen MR) is 75.9 cm³/mol. The number of nitrogens with two attached hydrogens (primary N) is 1. The van der Waals surface area contributed by atoms with E-state index in [1.807, 2.05) is 43.7 Å². The van der Waals surface area contributed by atoms with Gasteiger partial charge in [0, 0.05) is 18.2 Å². The number of para-hydroxylation sites is 1. The molecule has 2 rings (SSSR count).